The van der Waals surface area contributed by atoms with Crippen molar-refractivity contribution in [1.29, 1.82) is 0 Å². The highest BCUT2D eigenvalue weighted by atomic mass is 14.4. The average Bonchev–Trinajstić information content (AvgIpc) is 0.798. The maximum Gasteiger partial charge on any atom is -0.000139 e. The Hall–Kier alpha value is -7.02. The monoisotopic (exact) mass is 1080 g/mol. The minimum Gasteiger partial charge on any atom is -0.0579 e. The van der Waals surface area contributed by atoms with Crippen LogP contribution in [-0.4, -0.2) is 0 Å². The summed E-state index contributed by atoms with van der Waals surface area (Å²) in [7, 11) is 0. The summed E-state index contributed by atoms with van der Waals surface area (Å²) in [6.45, 7) is 49.2. The lowest BCUT2D eigenvalue weighted by molar-refractivity contribution is 0.531. The molecule has 0 radical (unpaired) electrons. The molecular weight excluding hydrogens is 985 g/mol. The highest BCUT2D eigenvalue weighted by Crippen LogP contribution is 2.56. The Balaban J connectivity index is 1.47. The van der Waals surface area contributed by atoms with Crippen molar-refractivity contribution in [1.82, 2.24) is 0 Å². The fraction of sp³-hybridized carbons (Fsp3) is 0.341. The van der Waals surface area contributed by atoms with Crippen molar-refractivity contribution in [3.05, 3.63) is 215 Å². The Labute approximate surface area is 494 Å². The summed E-state index contributed by atoms with van der Waals surface area (Å²) < 4.78 is 0. The quantitative estimate of drug-likeness (QED) is 0.146. The van der Waals surface area contributed by atoms with Crippen LogP contribution in [-0.2, 0) is 37.9 Å². The van der Waals surface area contributed by atoms with E-state index in [1.54, 1.807) is 0 Å². The fourth-order valence-electron chi connectivity index (χ4n) is 12.4. The van der Waals surface area contributed by atoms with Crippen molar-refractivity contribution < 1.29 is 0 Å². The molecule has 0 fully saturated rings. The predicted molar refractivity (Wildman–Crippen MR) is 362 cm³/mol. The highest BCUT2D eigenvalue weighted by molar-refractivity contribution is 6.34. The van der Waals surface area contributed by atoms with Gasteiger partial charge in [0.2, 0.25) is 0 Å². The summed E-state index contributed by atoms with van der Waals surface area (Å²) in [5.41, 5.74) is 24.0. The standard InChI is InChI=1S/C82H92/c1-76(2,3)59-38-30-53(31-39-59)51-22-26-55(27-23-51)71-65-48-63(80(13,14)15)46-47-64(65)70(57-34-42-61(43-35-57)78(7,8)9)74-72(56-28-24-52(25-29-56)54-32-40-60(41-33-54)77(4,5)6)66-49-68(81(16,17)18)69(82(19,20)21)50-67(66)73(75(71)74)58-36-44-62(45-37-58)79(10,11)12/h22-50H,1-21H3. The molecule has 82 heavy (non-hydrogen) atoms. The summed E-state index contributed by atoms with van der Waals surface area (Å²) in [6, 6.07) is 69.6. The van der Waals surface area contributed by atoms with Crippen molar-refractivity contribution in [2.24, 2.45) is 0 Å². The third-order valence-electron chi connectivity index (χ3n) is 17.6. The second-order valence-electron chi connectivity index (χ2n) is 31.2. The van der Waals surface area contributed by atoms with Gasteiger partial charge in [-0.15, -0.1) is 0 Å². The molecule has 10 aromatic rings. The molecule has 0 aliphatic rings. The van der Waals surface area contributed by atoms with E-state index in [2.05, 4.69) is 321 Å². The van der Waals surface area contributed by atoms with Gasteiger partial charge in [-0.05, 0) is 194 Å². The van der Waals surface area contributed by atoms with E-state index in [1.165, 1.54) is 138 Å². The highest BCUT2D eigenvalue weighted by Gasteiger charge is 2.32. The van der Waals surface area contributed by atoms with Crippen molar-refractivity contribution >= 4 is 32.3 Å². The Kier molecular flexibility index (Phi) is 14.5. The van der Waals surface area contributed by atoms with Gasteiger partial charge in [0.25, 0.3) is 0 Å². The fourth-order valence-corrected chi connectivity index (χ4v) is 12.4. The van der Waals surface area contributed by atoms with Gasteiger partial charge in [-0.1, -0.05) is 303 Å². The largest absolute Gasteiger partial charge is 0.0579 e. The molecule has 0 spiro atoms. The van der Waals surface area contributed by atoms with Gasteiger partial charge < -0.3 is 0 Å². The smallest absolute Gasteiger partial charge is 0.000139 e. The van der Waals surface area contributed by atoms with E-state index in [4.69, 9.17) is 0 Å². The van der Waals surface area contributed by atoms with Crippen LogP contribution in [0.2, 0.25) is 0 Å². The zero-order valence-electron chi connectivity index (χ0n) is 53.7. The molecule has 0 atom stereocenters. The number of hydrogen-bond donors (Lipinski definition) is 0. The van der Waals surface area contributed by atoms with Crippen molar-refractivity contribution in [2.45, 2.75) is 183 Å². The molecule has 0 aliphatic heterocycles. The van der Waals surface area contributed by atoms with E-state index in [0.29, 0.717) is 0 Å². The SMILES string of the molecule is CC(C)(C)c1ccc(-c2ccc(-c3c4cc(C(C)(C)C)ccc4c(-c4ccc(C(C)(C)C)cc4)c4c(-c5ccc(-c6ccc(C(C)(C)C)cc6)cc5)c5cc(C(C)(C)C)c(C(C)(C)C)cc5c(-c5ccc(C(C)(C)C)cc5)c34)cc2)cc1. The van der Waals surface area contributed by atoms with E-state index in [9.17, 15) is 0 Å². The second kappa shape index (κ2) is 20.4. The molecular formula is C82H92. The van der Waals surface area contributed by atoms with Crippen LogP contribution in [0.4, 0.5) is 0 Å². The maximum absolute atomic E-state index is 2.62. The lowest BCUT2D eigenvalue weighted by Crippen LogP contribution is -2.22. The molecule has 0 aliphatic carbocycles. The molecule has 420 valence electrons. The first-order chi connectivity index (χ1) is 38.1. The Morgan fingerprint density at radius 3 is 0.610 bits per heavy atom. The zero-order chi connectivity index (χ0) is 59.4. The predicted octanol–water partition coefficient (Wildman–Crippen LogP) is 24.2. The topological polar surface area (TPSA) is 0 Å². The number of hydrogen-bond acceptors (Lipinski definition) is 0. The van der Waals surface area contributed by atoms with Crippen LogP contribution in [0.25, 0.3) is 99.1 Å². The minimum absolute atomic E-state index is 0.00833. The van der Waals surface area contributed by atoms with Crippen LogP contribution in [0.1, 0.15) is 184 Å². The molecule has 10 rings (SSSR count). The van der Waals surface area contributed by atoms with Gasteiger partial charge in [0.1, 0.15) is 0 Å². The molecule has 10 aromatic carbocycles. The minimum atomic E-state index is -0.141. The van der Waals surface area contributed by atoms with E-state index in [-0.39, 0.29) is 37.9 Å². The molecule has 0 amide bonds. The van der Waals surface area contributed by atoms with Crippen LogP contribution < -0.4 is 0 Å². The number of rotatable bonds is 6. The molecule has 0 aromatic heterocycles. The average molecular weight is 1080 g/mol. The lowest BCUT2D eigenvalue weighted by atomic mass is 9.71. The van der Waals surface area contributed by atoms with Gasteiger partial charge in [-0.25, -0.2) is 0 Å². The molecule has 0 saturated carbocycles. The summed E-state index contributed by atoms with van der Waals surface area (Å²) in [6.07, 6.45) is 0. The van der Waals surface area contributed by atoms with Crippen molar-refractivity contribution in [3.8, 4) is 66.8 Å². The summed E-state index contributed by atoms with van der Waals surface area (Å²) in [4.78, 5) is 0. The Morgan fingerprint density at radius 1 is 0.171 bits per heavy atom. The molecule has 0 heteroatoms. The first-order valence-corrected chi connectivity index (χ1v) is 30.3. The third kappa shape index (κ3) is 11.2. The van der Waals surface area contributed by atoms with E-state index in [1.807, 2.05) is 0 Å². The van der Waals surface area contributed by atoms with Crippen LogP contribution in [0.5, 0.6) is 0 Å². The Bertz CT molecular complexity index is 3990. The van der Waals surface area contributed by atoms with Crippen LogP contribution >= 0.6 is 0 Å². The third-order valence-corrected chi connectivity index (χ3v) is 17.6. The number of benzene rings is 10. The van der Waals surface area contributed by atoms with Crippen LogP contribution in [0.3, 0.4) is 0 Å². The summed E-state index contributed by atoms with van der Waals surface area (Å²) >= 11 is 0. The van der Waals surface area contributed by atoms with Gasteiger partial charge in [-0.2, -0.15) is 0 Å². The van der Waals surface area contributed by atoms with E-state index >= 15 is 0 Å². The first-order valence-electron chi connectivity index (χ1n) is 30.3. The lowest BCUT2D eigenvalue weighted by Gasteiger charge is -2.33. The van der Waals surface area contributed by atoms with Crippen LogP contribution in [0, 0.1) is 0 Å². The molecule has 0 N–H and O–H groups in total. The van der Waals surface area contributed by atoms with Crippen molar-refractivity contribution in [2.75, 3.05) is 0 Å². The van der Waals surface area contributed by atoms with Gasteiger partial charge >= 0.3 is 0 Å². The first kappa shape index (κ1) is 58.2. The van der Waals surface area contributed by atoms with E-state index < -0.39 is 0 Å². The van der Waals surface area contributed by atoms with Crippen LogP contribution in [0.15, 0.2) is 176 Å². The van der Waals surface area contributed by atoms with Gasteiger partial charge in [0.05, 0.1) is 0 Å². The van der Waals surface area contributed by atoms with Gasteiger partial charge in [0, 0.05) is 0 Å². The molecule has 0 bridgehead atoms. The van der Waals surface area contributed by atoms with Gasteiger partial charge in [0.15, 0.2) is 0 Å². The number of fused-ring (bicyclic) bond motifs is 3. The summed E-state index contributed by atoms with van der Waals surface area (Å²) in [5.74, 6) is 0. The van der Waals surface area contributed by atoms with Gasteiger partial charge in [-0.3, -0.25) is 0 Å². The van der Waals surface area contributed by atoms with E-state index in [0.717, 1.165) is 0 Å². The molecule has 0 heterocycles. The summed E-state index contributed by atoms with van der Waals surface area (Å²) in [5, 5.41) is 7.65. The Morgan fingerprint density at radius 2 is 0.366 bits per heavy atom. The maximum atomic E-state index is 2.62. The van der Waals surface area contributed by atoms with Crippen molar-refractivity contribution in [3.63, 3.8) is 0 Å². The zero-order valence-corrected chi connectivity index (χ0v) is 53.7. The molecule has 0 nitrogen and oxygen atoms in total. The molecule has 0 unspecified atom stereocenters. The normalized spacial score (nSPS) is 13.2. The molecule has 0 saturated heterocycles. The second-order valence-corrected chi connectivity index (χ2v) is 31.2.